The van der Waals surface area contributed by atoms with Gasteiger partial charge in [-0.25, -0.2) is 12.7 Å². The number of nitrogens with zero attached hydrogens (tertiary/aromatic N) is 2. The van der Waals surface area contributed by atoms with Crippen LogP contribution in [0.1, 0.15) is 45.8 Å². The maximum atomic E-state index is 12.2. The first-order chi connectivity index (χ1) is 13.4. The van der Waals surface area contributed by atoms with Crippen LogP contribution in [0.15, 0.2) is 35.3 Å². The Kier molecular flexibility index (Phi) is 15.4. The van der Waals surface area contributed by atoms with E-state index in [0.717, 1.165) is 18.5 Å². The summed E-state index contributed by atoms with van der Waals surface area (Å²) in [5, 5.41) is 6.24. The number of sulfonamides is 1. The molecule has 0 aliphatic heterocycles. The fourth-order valence-electron chi connectivity index (χ4n) is 2.72. The molecular weight excluding hydrogens is 503 g/mol. The number of hydrogen-bond donors (Lipinski definition) is 2. The maximum Gasteiger partial charge on any atom is 0.215 e. The van der Waals surface area contributed by atoms with Gasteiger partial charge in [0.25, 0.3) is 0 Å². The summed E-state index contributed by atoms with van der Waals surface area (Å²) in [4.78, 5) is 4.49. The Hall–Kier alpha value is -0.910. The van der Waals surface area contributed by atoms with E-state index in [1.807, 2.05) is 45.9 Å². The number of hydrogen-bond acceptors (Lipinski definition) is 4. The molecule has 1 rings (SSSR count). The molecule has 0 radical (unpaired) electrons. The molecule has 0 aliphatic rings. The zero-order valence-corrected chi connectivity index (χ0v) is 21.2. The van der Waals surface area contributed by atoms with Crippen molar-refractivity contribution in [1.82, 2.24) is 14.9 Å². The second-order valence-corrected chi connectivity index (χ2v) is 8.45. The molecule has 29 heavy (non-hydrogen) atoms. The van der Waals surface area contributed by atoms with Gasteiger partial charge in [0.15, 0.2) is 5.96 Å². The van der Waals surface area contributed by atoms with Crippen LogP contribution < -0.4 is 10.6 Å². The van der Waals surface area contributed by atoms with E-state index in [9.17, 15) is 8.42 Å². The summed E-state index contributed by atoms with van der Waals surface area (Å²) in [6.07, 6.45) is 0.854. The van der Waals surface area contributed by atoms with E-state index in [0.29, 0.717) is 38.7 Å². The number of rotatable bonds is 13. The van der Waals surface area contributed by atoms with E-state index in [2.05, 4.69) is 27.8 Å². The highest BCUT2D eigenvalue weighted by molar-refractivity contribution is 14.0. The normalized spacial score (nSPS) is 13.1. The second-order valence-electron chi connectivity index (χ2n) is 6.36. The lowest BCUT2D eigenvalue weighted by Crippen LogP contribution is -2.42. The zero-order chi connectivity index (χ0) is 20.8. The van der Waals surface area contributed by atoms with Crippen LogP contribution in [0.5, 0.6) is 0 Å². The zero-order valence-electron chi connectivity index (χ0n) is 18.1. The van der Waals surface area contributed by atoms with Crippen molar-refractivity contribution in [3.05, 3.63) is 35.9 Å². The number of guanidine groups is 1. The standard InChI is InChI=1S/C20H36N4O3S.HI/c1-5-21-20(23-15-17-28(25,26)24(6-2)7-3)22-14-11-16-27-18(4)19-12-9-8-10-13-19;/h8-10,12-13,18H,5-7,11,14-17H2,1-4H3,(H2,21,22,23);1H. The van der Waals surface area contributed by atoms with Crippen molar-refractivity contribution in [3.8, 4) is 0 Å². The Balaban J connectivity index is 0.00000784. The molecule has 1 aromatic carbocycles. The summed E-state index contributed by atoms with van der Waals surface area (Å²) in [5.74, 6) is 0.685. The minimum atomic E-state index is -3.23. The monoisotopic (exact) mass is 540 g/mol. The molecule has 0 saturated heterocycles. The number of aliphatic imine (C=N–C) groups is 1. The SMILES string of the molecule is CCNC(=NCCCOC(C)c1ccccc1)NCCS(=O)(=O)N(CC)CC.I. The number of halogens is 1. The topological polar surface area (TPSA) is 83.0 Å². The van der Waals surface area contributed by atoms with Gasteiger partial charge in [-0.15, -0.1) is 24.0 Å². The van der Waals surface area contributed by atoms with E-state index in [1.54, 1.807) is 0 Å². The molecule has 9 heteroatoms. The van der Waals surface area contributed by atoms with Crippen LogP contribution in [0.2, 0.25) is 0 Å². The predicted octanol–water partition coefficient (Wildman–Crippen LogP) is 3.00. The van der Waals surface area contributed by atoms with Crippen molar-refractivity contribution in [2.75, 3.05) is 45.1 Å². The van der Waals surface area contributed by atoms with Crippen LogP contribution in [0, 0.1) is 0 Å². The summed E-state index contributed by atoms with van der Waals surface area (Å²) in [7, 11) is -3.23. The molecule has 0 fully saturated rings. The molecule has 168 valence electrons. The van der Waals surface area contributed by atoms with Crippen LogP contribution in [0.4, 0.5) is 0 Å². The van der Waals surface area contributed by atoms with Crippen LogP contribution >= 0.6 is 24.0 Å². The molecule has 0 heterocycles. The Morgan fingerprint density at radius 1 is 1.14 bits per heavy atom. The van der Waals surface area contributed by atoms with E-state index in [-0.39, 0.29) is 35.8 Å². The van der Waals surface area contributed by atoms with Crippen molar-refractivity contribution in [3.63, 3.8) is 0 Å². The average Bonchev–Trinajstić information content (AvgIpc) is 2.68. The lowest BCUT2D eigenvalue weighted by atomic mass is 10.1. The van der Waals surface area contributed by atoms with Crippen molar-refractivity contribution < 1.29 is 13.2 Å². The van der Waals surface area contributed by atoms with Crippen LogP contribution in [0.3, 0.4) is 0 Å². The summed E-state index contributed by atoms with van der Waals surface area (Å²) < 4.78 is 31.8. The molecule has 2 N–H and O–H groups in total. The first-order valence-electron chi connectivity index (χ1n) is 10.1. The van der Waals surface area contributed by atoms with Gasteiger partial charge >= 0.3 is 0 Å². The molecule has 0 aliphatic carbocycles. The lowest BCUT2D eigenvalue weighted by molar-refractivity contribution is 0.0652. The van der Waals surface area contributed by atoms with Gasteiger partial charge in [-0.1, -0.05) is 44.2 Å². The highest BCUT2D eigenvalue weighted by Gasteiger charge is 2.18. The molecule has 0 saturated carbocycles. The molecule has 0 amide bonds. The number of nitrogens with one attached hydrogen (secondary N) is 2. The molecule has 0 aromatic heterocycles. The van der Waals surface area contributed by atoms with Crippen molar-refractivity contribution in [2.24, 2.45) is 4.99 Å². The maximum absolute atomic E-state index is 12.2. The summed E-state index contributed by atoms with van der Waals surface area (Å²) in [6, 6.07) is 10.1. The molecule has 1 atom stereocenters. The van der Waals surface area contributed by atoms with E-state index in [1.165, 1.54) is 4.31 Å². The van der Waals surface area contributed by atoms with Gasteiger partial charge in [0, 0.05) is 39.3 Å². The quantitative estimate of drug-likeness (QED) is 0.174. The Morgan fingerprint density at radius 2 is 1.79 bits per heavy atom. The number of benzene rings is 1. The van der Waals surface area contributed by atoms with Gasteiger partial charge in [0.1, 0.15) is 0 Å². The van der Waals surface area contributed by atoms with Gasteiger partial charge in [0.2, 0.25) is 10.0 Å². The molecule has 1 unspecified atom stereocenters. The Bertz CT molecular complexity index is 668. The van der Waals surface area contributed by atoms with Crippen LogP contribution in [-0.2, 0) is 14.8 Å². The van der Waals surface area contributed by atoms with Crippen LogP contribution in [0.25, 0.3) is 0 Å². The van der Waals surface area contributed by atoms with Gasteiger partial charge in [-0.3, -0.25) is 4.99 Å². The minimum Gasteiger partial charge on any atom is -0.374 e. The largest absolute Gasteiger partial charge is 0.374 e. The van der Waals surface area contributed by atoms with Crippen molar-refractivity contribution in [1.29, 1.82) is 0 Å². The van der Waals surface area contributed by atoms with Crippen LogP contribution in [-0.4, -0.2) is 63.8 Å². The minimum absolute atomic E-state index is 0. The lowest BCUT2D eigenvalue weighted by Gasteiger charge is -2.19. The first kappa shape index (κ1) is 28.1. The third kappa shape index (κ3) is 11.2. The molecule has 1 aromatic rings. The average molecular weight is 541 g/mol. The summed E-state index contributed by atoms with van der Waals surface area (Å²) >= 11 is 0. The Labute approximate surface area is 193 Å². The van der Waals surface area contributed by atoms with Crippen molar-refractivity contribution in [2.45, 2.75) is 40.2 Å². The molecule has 0 spiro atoms. The molecule has 7 nitrogen and oxygen atoms in total. The summed E-state index contributed by atoms with van der Waals surface area (Å²) in [5.41, 5.74) is 1.16. The molecular formula is C20H37IN4O3S. The van der Waals surface area contributed by atoms with E-state index >= 15 is 0 Å². The molecule has 0 bridgehead atoms. The second kappa shape index (κ2) is 15.9. The fourth-order valence-corrected chi connectivity index (χ4v) is 4.13. The van der Waals surface area contributed by atoms with Crippen molar-refractivity contribution >= 4 is 40.0 Å². The van der Waals surface area contributed by atoms with Gasteiger partial charge < -0.3 is 15.4 Å². The Morgan fingerprint density at radius 3 is 2.38 bits per heavy atom. The predicted molar refractivity (Wildman–Crippen MR) is 132 cm³/mol. The highest BCUT2D eigenvalue weighted by atomic mass is 127. The third-order valence-electron chi connectivity index (χ3n) is 4.30. The smallest absolute Gasteiger partial charge is 0.215 e. The summed E-state index contributed by atoms with van der Waals surface area (Å²) in [6.45, 7) is 11.0. The van der Waals surface area contributed by atoms with Gasteiger partial charge in [0.05, 0.1) is 11.9 Å². The number of ether oxygens (including phenoxy) is 1. The van der Waals surface area contributed by atoms with Gasteiger partial charge in [-0.2, -0.15) is 0 Å². The fraction of sp³-hybridized carbons (Fsp3) is 0.650. The highest BCUT2D eigenvalue weighted by Crippen LogP contribution is 2.15. The van der Waals surface area contributed by atoms with Gasteiger partial charge in [-0.05, 0) is 25.8 Å². The van der Waals surface area contributed by atoms with E-state index < -0.39 is 10.0 Å². The van der Waals surface area contributed by atoms with E-state index in [4.69, 9.17) is 4.74 Å². The first-order valence-corrected chi connectivity index (χ1v) is 11.7. The third-order valence-corrected chi connectivity index (χ3v) is 6.33.